The summed E-state index contributed by atoms with van der Waals surface area (Å²) in [5, 5.41) is 20.2. The predicted octanol–water partition coefficient (Wildman–Crippen LogP) is 0.785. The van der Waals surface area contributed by atoms with E-state index in [9.17, 15) is 10.2 Å². The molecule has 0 amide bonds. The molecule has 4 heterocycles. The van der Waals surface area contributed by atoms with Crippen LogP contribution in [0.2, 0.25) is 0 Å². The third kappa shape index (κ3) is 1.12. The second-order valence-electron chi connectivity index (χ2n) is 7.07. The Bertz CT molecular complexity index is 515. The van der Waals surface area contributed by atoms with Gasteiger partial charge in [-0.2, -0.15) is 0 Å². The van der Waals surface area contributed by atoms with E-state index in [0.717, 1.165) is 19.3 Å². The van der Waals surface area contributed by atoms with Crippen LogP contribution in [0.15, 0.2) is 24.3 Å². The number of rotatable bonds is 1. The molecule has 4 saturated heterocycles. The zero-order valence-corrected chi connectivity index (χ0v) is 11.3. The first kappa shape index (κ1) is 11.9. The number of hydrogen-bond acceptors (Lipinski definition) is 4. The zero-order chi connectivity index (χ0) is 13.6. The summed E-state index contributed by atoms with van der Waals surface area (Å²) in [6.07, 6.45) is 5.86. The van der Waals surface area contributed by atoms with Gasteiger partial charge >= 0.3 is 0 Å². The van der Waals surface area contributed by atoms with E-state index in [1.165, 1.54) is 5.57 Å². The lowest BCUT2D eigenvalue weighted by atomic mass is 9.53. The molecule has 0 saturated carbocycles. The van der Waals surface area contributed by atoms with Gasteiger partial charge in [0.05, 0.1) is 30.5 Å². The van der Waals surface area contributed by atoms with E-state index in [1.807, 2.05) is 6.08 Å². The van der Waals surface area contributed by atoms with E-state index in [2.05, 4.69) is 12.7 Å². The third-order valence-electron chi connectivity index (χ3n) is 6.41. The van der Waals surface area contributed by atoms with Crippen molar-refractivity contribution < 1.29 is 19.7 Å². The molecule has 0 radical (unpaired) electrons. The van der Waals surface area contributed by atoms with Gasteiger partial charge in [-0.05, 0) is 12.0 Å². The van der Waals surface area contributed by atoms with Gasteiger partial charge in [-0.15, -0.1) is 6.58 Å². The molecule has 108 valence electrons. The van der Waals surface area contributed by atoms with Crippen LogP contribution in [-0.4, -0.2) is 46.8 Å². The lowest BCUT2D eigenvalue weighted by Gasteiger charge is -2.48. The Morgan fingerprint density at radius 3 is 2.80 bits per heavy atom. The normalized spacial score (nSPS) is 62.2. The van der Waals surface area contributed by atoms with Gasteiger partial charge in [0.15, 0.2) is 0 Å². The quantitative estimate of drug-likeness (QED) is 0.695. The molecule has 4 fully saturated rings. The molecular formula is C16H20O4. The molecule has 4 heteroatoms. The van der Waals surface area contributed by atoms with Crippen molar-refractivity contribution in [3.05, 3.63) is 24.3 Å². The predicted molar refractivity (Wildman–Crippen MR) is 70.9 cm³/mol. The smallest absolute Gasteiger partial charge is 0.105 e. The van der Waals surface area contributed by atoms with E-state index < -0.39 is 0 Å². The number of aliphatic hydroxyl groups excluding tert-OH is 2. The highest BCUT2D eigenvalue weighted by Gasteiger charge is 2.69. The lowest BCUT2D eigenvalue weighted by Crippen LogP contribution is -2.52. The monoisotopic (exact) mass is 276 g/mol. The van der Waals surface area contributed by atoms with Crippen molar-refractivity contribution in [3.8, 4) is 0 Å². The first-order chi connectivity index (χ1) is 9.65. The SMILES string of the molecule is C=C[C@]12CC=C3[C@@H]([C@H]1[C@@H]1C[C@H](O)[C@H]2O1)[C@@H]1C[C@H](O)[C@H]3O1. The fraction of sp³-hybridized carbons (Fsp3) is 0.750. The molecule has 20 heavy (non-hydrogen) atoms. The first-order valence-electron chi connectivity index (χ1n) is 7.66. The van der Waals surface area contributed by atoms with E-state index in [-0.39, 0.29) is 42.0 Å². The van der Waals surface area contributed by atoms with Crippen molar-refractivity contribution in [2.24, 2.45) is 17.3 Å². The maximum Gasteiger partial charge on any atom is 0.105 e. The van der Waals surface area contributed by atoms with Crippen LogP contribution in [0.4, 0.5) is 0 Å². The highest BCUT2D eigenvalue weighted by Crippen LogP contribution is 2.64. The van der Waals surface area contributed by atoms with E-state index >= 15 is 0 Å². The van der Waals surface area contributed by atoms with Crippen LogP contribution in [0.25, 0.3) is 0 Å². The van der Waals surface area contributed by atoms with Crippen LogP contribution >= 0.6 is 0 Å². The van der Waals surface area contributed by atoms with Crippen LogP contribution in [0, 0.1) is 17.3 Å². The Kier molecular flexibility index (Phi) is 2.12. The van der Waals surface area contributed by atoms with Gasteiger partial charge in [0.25, 0.3) is 0 Å². The summed E-state index contributed by atoms with van der Waals surface area (Å²) >= 11 is 0. The number of hydrogen-bond donors (Lipinski definition) is 2. The fourth-order valence-corrected chi connectivity index (χ4v) is 5.72. The number of fused-ring (bicyclic) bond motifs is 11. The highest BCUT2D eigenvalue weighted by atomic mass is 16.5. The Balaban J connectivity index is 1.62. The summed E-state index contributed by atoms with van der Waals surface area (Å²) in [6, 6.07) is 0. The summed E-state index contributed by atoms with van der Waals surface area (Å²) in [6.45, 7) is 4.05. The summed E-state index contributed by atoms with van der Waals surface area (Å²) in [5.41, 5.74) is 1.14. The number of allylic oxidation sites excluding steroid dienone is 1. The van der Waals surface area contributed by atoms with Crippen LogP contribution < -0.4 is 0 Å². The molecule has 0 unspecified atom stereocenters. The number of aliphatic hydroxyl groups is 2. The van der Waals surface area contributed by atoms with Gasteiger partial charge in [0, 0.05) is 30.1 Å². The minimum Gasteiger partial charge on any atom is -0.390 e. The maximum absolute atomic E-state index is 10.2. The summed E-state index contributed by atoms with van der Waals surface area (Å²) in [7, 11) is 0. The van der Waals surface area contributed by atoms with Crippen molar-refractivity contribution in [3.63, 3.8) is 0 Å². The van der Waals surface area contributed by atoms with Crippen molar-refractivity contribution in [1.29, 1.82) is 0 Å². The van der Waals surface area contributed by atoms with E-state index in [0.29, 0.717) is 11.8 Å². The second kappa shape index (κ2) is 3.55. The molecule has 9 atom stereocenters. The molecule has 0 spiro atoms. The molecule has 4 bridgehead atoms. The molecule has 0 aromatic rings. The van der Waals surface area contributed by atoms with Crippen molar-refractivity contribution in [2.75, 3.05) is 0 Å². The molecule has 0 aromatic heterocycles. The highest BCUT2D eigenvalue weighted by molar-refractivity contribution is 5.35. The fourth-order valence-electron chi connectivity index (χ4n) is 5.72. The van der Waals surface area contributed by atoms with Crippen LogP contribution in [0.5, 0.6) is 0 Å². The molecule has 5 rings (SSSR count). The molecule has 1 aliphatic carbocycles. The molecule has 4 nitrogen and oxygen atoms in total. The molecular weight excluding hydrogens is 256 g/mol. The zero-order valence-electron chi connectivity index (χ0n) is 11.3. The summed E-state index contributed by atoms with van der Waals surface area (Å²) in [5.74, 6) is 0.702. The molecule has 0 aromatic carbocycles. The number of ether oxygens (including phenoxy) is 2. The van der Waals surface area contributed by atoms with Gasteiger partial charge in [-0.25, -0.2) is 0 Å². The second-order valence-corrected chi connectivity index (χ2v) is 7.07. The molecule has 5 aliphatic rings. The van der Waals surface area contributed by atoms with Crippen molar-refractivity contribution in [2.45, 2.75) is 55.9 Å². The largest absolute Gasteiger partial charge is 0.390 e. The van der Waals surface area contributed by atoms with Gasteiger partial charge in [-0.3, -0.25) is 0 Å². The maximum atomic E-state index is 10.2. The van der Waals surface area contributed by atoms with Crippen LogP contribution in [-0.2, 0) is 9.47 Å². The lowest BCUT2D eigenvalue weighted by molar-refractivity contribution is -0.00349. The average Bonchev–Trinajstić information content (AvgIpc) is 3.15. The Morgan fingerprint density at radius 2 is 2.00 bits per heavy atom. The van der Waals surface area contributed by atoms with Crippen LogP contribution in [0.3, 0.4) is 0 Å². The molecule has 4 aliphatic heterocycles. The molecule has 2 N–H and O–H groups in total. The van der Waals surface area contributed by atoms with E-state index in [1.54, 1.807) is 0 Å². The van der Waals surface area contributed by atoms with Crippen molar-refractivity contribution in [1.82, 2.24) is 0 Å². The van der Waals surface area contributed by atoms with Gasteiger partial charge < -0.3 is 19.7 Å². The third-order valence-corrected chi connectivity index (χ3v) is 6.41. The standard InChI is InChI=1S/C16H20O4/c1-2-16-4-3-7-12(10-5-8(17)14(7)19-10)13(16)11-6-9(18)15(16)20-11/h2-3,8-15,17-18H,1,4-6H2/t8-,9-,10-,11-,12+,13+,14-,15+,16-/m0/s1. The van der Waals surface area contributed by atoms with Crippen LogP contribution in [0.1, 0.15) is 19.3 Å². The first-order valence-corrected chi connectivity index (χ1v) is 7.66. The van der Waals surface area contributed by atoms with E-state index in [4.69, 9.17) is 9.47 Å². The Hall–Kier alpha value is -0.680. The van der Waals surface area contributed by atoms with Gasteiger partial charge in [0.2, 0.25) is 0 Å². The Morgan fingerprint density at radius 1 is 1.20 bits per heavy atom. The minimum absolute atomic E-state index is 0.100. The van der Waals surface area contributed by atoms with Gasteiger partial charge in [-0.1, -0.05) is 12.2 Å². The van der Waals surface area contributed by atoms with Crippen molar-refractivity contribution >= 4 is 0 Å². The summed E-state index contributed by atoms with van der Waals surface area (Å²) < 4.78 is 12.1. The van der Waals surface area contributed by atoms with Gasteiger partial charge in [0.1, 0.15) is 6.10 Å². The average molecular weight is 276 g/mol. The minimum atomic E-state index is -0.366. The topological polar surface area (TPSA) is 58.9 Å². The summed E-state index contributed by atoms with van der Waals surface area (Å²) in [4.78, 5) is 0. The Labute approximate surface area is 118 Å².